The van der Waals surface area contributed by atoms with Crippen LogP contribution in [0.5, 0.6) is 5.75 Å². The van der Waals surface area contributed by atoms with Crippen molar-refractivity contribution in [3.8, 4) is 5.75 Å². The average Bonchev–Trinajstić information content (AvgIpc) is 2.36. The van der Waals surface area contributed by atoms with Crippen LogP contribution in [0, 0.1) is 5.92 Å². The van der Waals surface area contributed by atoms with Gasteiger partial charge in [-0.25, -0.2) is 0 Å². The van der Waals surface area contributed by atoms with Gasteiger partial charge in [-0.2, -0.15) is 0 Å². The van der Waals surface area contributed by atoms with Crippen LogP contribution in [-0.4, -0.2) is 33.3 Å². The number of anilines is 1. The molecule has 4 nitrogen and oxygen atoms in total. The molecule has 0 aliphatic heterocycles. The molecule has 1 rings (SSSR count). The minimum atomic E-state index is -0.211. The summed E-state index contributed by atoms with van der Waals surface area (Å²) < 4.78 is 10.6. The molecule has 0 spiro atoms. The van der Waals surface area contributed by atoms with Crippen molar-refractivity contribution in [2.75, 3.05) is 32.2 Å². The van der Waals surface area contributed by atoms with Gasteiger partial charge in [0.1, 0.15) is 5.75 Å². The number of ether oxygens (including phenoxy) is 2. The number of esters is 1. The summed E-state index contributed by atoms with van der Waals surface area (Å²) in [6, 6.07) is 7.76. The summed E-state index contributed by atoms with van der Waals surface area (Å²) in [6.45, 7) is 4.83. The molecular weight excluding hydrogens is 242 g/mol. The summed E-state index contributed by atoms with van der Waals surface area (Å²) in [7, 11) is 3.95. The van der Waals surface area contributed by atoms with Crippen LogP contribution in [0.25, 0.3) is 0 Å². The summed E-state index contributed by atoms with van der Waals surface area (Å²) in [4.78, 5) is 13.4. The molecule has 0 aliphatic carbocycles. The molecule has 1 aromatic rings. The molecule has 0 heterocycles. The first kappa shape index (κ1) is 15.3. The fourth-order valence-corrected chi connectivity index (χ4v) is 1.44. The fourth-order valence-electron chi connectivity index (χ4n) is 1.44. The van der Waals surface area contributed by atoms with E-state index in [1.165, 1.54) is 0 Å². The first-order valence-corrected chi connectivity index (χ1v) is 6.55. The molecule has 0 atom stereocenters. The van der Waals surface area contributed by atoms with Crippen LogP contribution in [0.3, 0.4) is 0 Å². The molecule has 0 aromatic heterocycles. The van der Waals surface area contributed by atoms with Gasteiger partial charge in [0.25, 0.3) is 0 Å². The maximum absolute atomic E-state index is 11.4. The van der Waals surface area contributed by atoms with Gasteiger partial charge in [-0.1, -0.05) is 19.9 Å². The van der Waals surface area contributed by atoms with Gasteiger partial charge in [0, 0.05) is 25.8 Å². The van der Waals surface area contributed by atoms with Crippen molar-refractivity contribution in [3.63, 3.8) is 0 Å². The second-order valence-electron chi connectivity index (χ2n) is 5.07. The second-order valence-corrected chi connectivity index (χ2v) is 5.07. The van der Waals surface area contributed by atoms with Gasteiger partial charge in [-0.15, -0.1) is 0 Å². The molecule has 4 heteroatoms. The molecule has 0 bridgehead atoms. The predicted molar refractivity (Wildman–Crippen MR) is 76.7 cm³/mol. The summed E-state index contributed by atoms with van der Waals surface area (Å²) >= 11 is 0. The summed E-state index contributed by atoms with van der Waals surface area (Å²) in [5.74, 6) is 0.918. The summed E-state index contributed by atoms with van der Waals surface area (Å²) in [5, 5.41) is 0. The van der Waals surface area contributed by atoms with Crippen LogP contribution in [0.1, 0.15) is 20.3 Å². The zero-order valence-corrected chi connectivity index (χ0v) is 12.2. The Labute approximate surface area is 115 Å². The van der Waals surface area contributed by atoms with Crippen molar-refractivity contribution in [3.05, 3.63) is 24.3 Å². The number of nitrogens with zero attached hydrogens (tertiary/aromatic N) is 1. The Kier molecular flexibility index (Phi) is 6.19. The number of hydrogen-bond acceptors (Lipinski definition) is 4. The van der Waals surface area contributed by atoms with E-state index in [4.69, 9.17) is 9.47 Å². The Balaban J connectivity index is 2.33. The molecule has 0 amide bonds. The minimum absolute atomic E-state index is 0.211. The predicted octanol–water partition coefficient (Wildman–Crippen LogP) is 2.72. The van der Waals surface area contributed by atoms with E-state index in [0.717, 1.165) is 11.4 Å². The Morgan fingerprint density at radius 2 is 2.05 bits per heavy atom. The van der Waals surface area contributed by atoms with Crippen LogP contribution < -0.4 is 9.64 Å². The lowest BCUT2D eigenvalue weighted by molar-refractivity contribution is -0.145. The molecule has 19 heavy (non-hydrogen) atoms. The molecule has 0 N–H and O–H groups in total. The third-order valence-corrected chi connectivity index (χ3v) is 2.49. The number of carbonyl (C=O) groups is 1. The normalized spacial score (nSPS) is 10.4. The molecule has 0 fully saturated rings. The van der Waals surface area contributed by atoms with Crippen molar-refractivity contribution in [1.29, 1.82) is 0 Å². The lowest BCUT2D eigenvalue weighted by atomic mass is 10.2. The molecular formula is C15H23NO3. The van der Waals surface area contributed by atoms with Gasteiger partial charge >= 0.3 is 5.97 Å². The molecule has 0 saturated carbocycles. The number of carbonyl (C=O) groups excluding carboxylic acids is 1. The third kappa shape index (κ3) is 6.13. The van der Waals surface area contributed by atoms with Crippen LogP contribution in [-0.2, 0) is 9.53 Å². The van der Waals surface area contributed by atoms with E-state index in [-0.39, 0.29) is 12.4 Å². The minimum Gasteiger partial charge on any atom is -0.493 e. The third-order valence-electron chi connectivity index (χ3n) is 2.49. The van der Waals surface area contributed by atoms with E-state index in [1.807, 2.05) is 57.1 Å². The first-order valence-electron chi connectivity index (χ1n) is 6.55. The zero-order chi connectivity index (χ0) is 14.3. The smallest absolute Gasteiger partial charge is 0.309 e. The van der Waals surface area contributed by atoms with Crippen molar-refractivity contribution in [2.45, 2.75) is 20.3 Å². The van der Waals surface area contributed by atoms with Crippen LogP contribution >= 0.6 is 0 Å². The fraction of sp³-hybridized carbons (Fsp3) is 0.533. The highest BCUT2D eigenvalue weighted by Crippen LogP contribution is 2.19. The average molecular weight is 265 g/mol. The van der Waals surface area contributed by atoms with Crippen LogP contribution in [0.2, 0.25) is 0 Å². The molecule has 1 aromatic carbocycles. The first-order chi connectivity index (χ1) is 8.99. The highest BCUT2D eigenvalue weighted by atomic mass is 16.5. The molecule has 0 aliphatic rings. The van der Waals surface area contributed by atoms with E-state index in [2.05, 4.69) is 0 Å². The molecule has 0 unspecified atom stereocenters. The lowest BCUT2D eigenvalue weighted by Gasteiger charge is -2.14. The van der Waals surface area contributed by atoms with Crippen LogP contribution in [0.15, 0.2) is 24.3 Å². The van der Waals surface area contributed by atoms with E-state index >= 15 is 0 Å². The SMILES string of the molecule is CC(C)COC(=O)CCOc1cccc(N(C)C)c1. The number of benzene rings is 1. The number of hydrogen-bond donors (Lipinski definition) is 0. The van der Waals surface area contributed by atoms with Gasteiger partial charge in [-0.05, 0) is 18.1 Å². The highest BCUT2D eigenvalue weighted by molar-refractivity contribution is 5.69. The van der Waals surface area contributed by atoms with Gasteiger partial charge in [0.2, 0.25) is 0 Å². The monoisotopic (exact) mass is 265 g/mol. The molecule has 0 saturated heterocycles. The van der Waals surface area contributed by atoms with E-state index in [1.54, 1.807) is 0 Å². The largest absolute Gasteiger partial charge is 0.493 e. The molecule has 106 valence electrons. The maximum Gasteiger partial charge on any atom is 0.309 e. The quantitative estimate of drug-likeness (QED) is 0.711. The van der Waals surface area contributed by atoms with Gasteiger partial charge in [0.05, 0.1) is 19.6 Å². The zero-order valence-electron chi connectivity index (χ0n) is 12.2. The Morgan fingerprint density at radius 3 is 2.68 bits per heavy atom. The van der Waals surface area contributed by atoms with Gasteiger partial charge in [0.15, 0.2) is 0 Å². The van der Waals surface area contributed by atoms with Crippen molar-refractivity contribution in [1.82, 2.24) is 0 Å². The standard InChI is InChI=1S/C15H23NO3/c1-12(2)11-19-15(17)8-9-18-14-7-5-6-13(10-14)16(3)4/h5-7,10,12H,8-9,11H2,1-4H3. The van der Waals surface area contributed by atoms with Crippen molar-refractivity contribution < 1.29 is 14.3 Å². The topological polar surface area (TPSA) is 38.8 Å². The van der Waals surface area contributed by atoms with Crippen LogP contribution in [0.4, 0.5) is 5.69 Å². The van der Waals surface area contributed by atoms with Crippen molar-refractivity contribution >= 4 is 11.7 Å². The van der Waals surface area contributed by atoms with E-state index < -0.39 is 0 Å². The summed E-state index contributed by atoms with van der Waals surface area (Å²) in [6.07, 6.45) is 0.277. The van der Waals surface area contributed by atoms with E-state index in [9.17, 15) is 4.79 Å². The summed E-state index contributed by atoms with van der Waals surface area (Å²) in [5.41, 5.74) is 1.07. The maximum atomic E-state index is 11.4. The lowest BCUT2D eigenvalue weighted by Crippen LogP contribution is -2.13. The van der Waals surface area contributed by atoms with E-state index in [0.29, 0.717) is 19.1 Å². The van der Waals surface area contributed by atoms with Gasteiger partial charge < -0.3 is 14.4 Å². The van der Waals surface area contributed by atoms with Crippen molar-refractivity contribution in [2.24, 2.45) is 5.92 Å². The molecule has 0 radical (unpaired) electrons. The number of rotatable bonds is 7. The Morgan fingerprint density at radius 1 is 1.32 bits per heavy atom. The van der Waals surface area contributed by atoms with Gasteiger partial charge in [-0.3, -0.25) is 4.79 Å². The second kappa shape index (κ2) is 7.67. The highest BCUT2D eigenvalue weighted by Gasteiger charge is 2.05. The Hall–Kier alpha value is -1.71. The Bertz CT molecular complexity index is 402.